The molecule has 1 aliphatic rings. The Morgan fingerprint density at radius 3 is 2.32 bits per heavy atom. The number of nitriles is 1. The lowest BCUT2D eigenvalue weighted by Gasteiger charge is -2.27. The van der Waals surface area contributed by atoms with Crippen LogP contribution in [0.5, 0.6) is 28.7 Å². The maximum atomic E-state index is 12.7. The smallest absolute Gasteiger partial charge is 0.347 e. The number of rotatable bonds is 6. The van der Waals surface area contributed by atoms with Crippen LogP contribution < -0.4 is 29.4 Å². The van der Waals surface area contributed by atoms with Gasteiger partial charge < -0.3 is 29.4 Å². The van der Waals surface area contributed by atoms with E-state index in [0.29, 0.717) is 34.1 Å². The van der Waals surface area contributed by atoms with E-state index in [1.54, 1.807) is 61.7 Å². The number of para-hydroxylation sites is 1. The predicted octanol–water partition coefficient (Wildman–Crippen LogP) is 4.15. The molecule has 172 valence electrons. The molecule has 0 bridgehead atoms. The normalized spacial score (nSPS) is 14.4. The van der Waals surface area contributed by atoms with E-state index in [1.807, 2.05) is 6.07 Å². The van der Waals surface area contributed by atoms with Crippen LogP contribution in [-0.4, -0.2) is 27.3 Å². The van der Waals surface area contributed by atoms with E-state index in [1.165, 1.54) is 14.2 Å². The average Bonchev–Trinajstić information content (AvgIpc) is 2.87. The first kappa shape index (κ1) is 22.6. The molecule has 1 unspecified atom stereocenters. The van der Waals surface area contributed by atoms with Crippen molar-refractivity contribution in [1.82, 2.24) is 0 Å². The second-order valence-electron chi connectivity index (χ2n) is 7.32. The van der Waals surface area contributed by atoms with Crippen LogP contribution in [-0.2, 0) is 0 Å². The van der Waals surface area contributed by atoms with Crippen molar-refractivity contribution in [2.24, 2.45) is 5.73 Å². The Balaban J connectivity index is 1.73. The van der Waals surface area contributed by atoms with E-state index >= 15 is 0 Å². The molecule has 0 aliphatic carbocycles. The number of nitrogens with zero attached hydrogens (tertiary/aromatic N) is 1. The molecule has 8 heteroatoms. The lowest BCUT2D eigenvalue weighted by molar-refractivity contribution is 0.0731. The Labute approximate surface area is 196 Å². The zero-order valence-corrected chi connectivity index (χ0v) is 18.8. The Bertz CT molecular complexity index is 1330. The summed E-state index contributed by atoms with van der Waals surface area (Å²) in [6, 6.07) is 19.2. The fraction of sp³-hybridized carbons (Fsp3) is 0.154. The fourth-order valence-corrected chi connectivity index (χ4v) is 3.85. The standard InChI is InChI=1S/C26H22N2O6/c1-30-15-8-10-17(22(12-15)32-3)24-18-11-9-16(13-23(18)34-25(28)20(24)14-27)33-26(29)19-6-4-5-7-21(19)31-2/h4-13,24H,28H2,1-3H3. The highest BCUT2D eigenvalue weighted by Gasteiger charge is 2.33. The lowest BCUT2D eigenvalue weighted by Crippen LogP contribution is -2.21. The quantitative estimate of drug-likeness (QED) is 0.433. The van der Waals surface area contributed by atoms with Crippen molar-refractivity contribution < 1.29 is 28.5 Å². The topological polar surface area (TPSA) is 113 Å². The van der Waals surface area contributed by atoms with E-state index in [2.05, 4.69) is 6.07 Å². The van der Waals surface area contributed by atoms with Crippen LogP contribution in [0.1, 0.15) is 27.4 Å². The zero-order chi connectivity index (χ0) is 24.2. The third-order valence-electron chi connectivity index (χ3n) is 5.48. The second kappa shape index (κ2) is 9.46. The Hall–Kier alpha value is -4.64. The number of carbonyl (C=O) groups is 1. The Kier molecular flexibility index (Phi) is 6.28. The summed E-state index contributed by atoms with van der Waals surface area (Å²) in [4.78, 5) is 12.7. The van der Waals surface area contributed by atoms with Gasteiger partial charge in [-0.25, -0.2) is 4.79 Å². The van der Waals surface area contributed by atoms with Gasteiger partial charge in [0.05, 0.1) is 27.2 Å². The van der Waals surface area contributed by atoms with Gasteiger partial charge in [-0.05, 0) is 24.3 Å². The molecule has 2 N–H and O–H groups in total. The van der Waals surface area contributed by atoms with E-state index < -0.39 is 11.9 Å². The lowest BCUT2D eigenvalue weighted by atomic mass is 9.83. The first-order valence-electron chi connectivity index (χ1n) is 10.3. The highest BCUT2D eigenvalue weighted by molar-refractivity contribution is 5.94. The summed E-state index contributed by atoms with van der Waals surface area (Å²) in [5.74, 6) is 1.00. The number of ether oxygens (including phenoxy) is 5. The van der Waals surface area contributed by atoms with Crippen LogP contribution in [0.4, 0.5) is 0 Å². The molecule has 0 fully saturated rings. The third kappa shape index (κ3) is 4.07. The van der Waals surface area contributed by atoms with Crippen molar-refractivity contribution in [1.29, 1.82) is 5.26 Å². The summed E-state index contributed by atoms with van der Waals surface area (Å²) < 4.78 is 27.4. The van der Waals surface area contributed by atoms with Crippen LogP contribution in [0.2, 0.25) is 0 Å². The van der Waals surface area contributed by atoms with Crippen molar-refractivity contribution in [2.75, 3.05) is 21.3 Å². The first-order valence-corrected chi connectivity index (χ1v) is 10.3. The molecule has 8 nitrogen and oxygen atoms in total. The Morgan fingerprint density at radius 1 is 0.912 bits per heavy atom. The summed E-state index contributed by atoms with van der Waals surface area (Å²) in [6.45, 7) is 0. The molecule has 34 heavy (non-hydrogen) atoms. The summed E-state index contributed by atoms with van der Waals surface area (Å²) in [5.41, 5.74) is 8.02. The number of benzene rings is 3. The second-order valence-corrected chi connectivity index (χ2v) is 7.32. The number of methoxy groups -OCH3 is 3. The number of allylic oxidation sites excluding steroid dienone is 1. The first-order chi connectivity index (χ1) is 16.5. The molecule has 1 aliphatic heterocycles. The van der Waals surface area contributed by atoms with Gasteiger partial charge >= 0.3 is 5.97 Å². The van der Waals surface area contributed by atoms with Gasteiger partial charge in [0.1, 0.15) is 46.0 Å². The summed E-state index contributed by atoms with van der Waals surface area (Å²) in [7, 11) is 4.58. The highest BCUT2D eigenvalue weighted by atomic mass is 16.5. The number of nitrogens with two attached hydrogens (primary N) is 1. The summed E-state index contributed by atoms with van der Waals surface area (Å²) in [6.07, 6.45) is 0. The molecule has 3 aromatic rings. The molecular weight excluding hydrogens is 436 g/mol. The van der Waals surface area contributed by atoms with Gasteiger partial charge in [-0.3, -0.25) is 0 Å². The van der Waals surface area contributed by atoms with Crippen LogP contribution in [0, 0.1) is 11.3 Å². The predicted molar refractivity (Wildman–Crippen MR) is 123 cm³/mol. The number of esters is 1. The molecule has 0 radical (unpaired) electrons. The van der Waals surface area contributed by atoms with Crippen molar-refractivity contribution in [3.05, 3.63) is 88.8 Å². The van der Waals surface area contributed by atoms with Crippen LogP contribution >= 0.6 is 0 Å². The molecule has 1 atom stereocenters. The largest absolute Gasteiger partial charge is 0.497 e. The van der Waals surface area contributed by atoms with E-state index in [-0.39, 0.29) is 22.8 Å². The van der Waals surface area contributed by atoms with E-state index in [4.69, 9.17) is 29.4 Å². The van der Waals surface area contributed by atoms with Crippen LogP contribution in [0.15, 0.2) is 72.1 Å². The minimum absolute atomic E-state index is 0.0360. The van der Waals surface area contributed by atoms with Gasteiger partial charge in [-0.1, -0.05) is 24.3 Å². The van der Waals surface area contributed by atoms with Gasteiger partial charge in [0.2, 0.25) is 5.88 Å². The highest BCUT2D eigenvalue weighted by Crippen LogP contribution is 2.46. The summed E-state index contributed by atoms with van der Waals surface area (Å²) >= 11 is 0. The van der Waals surface area contributed by atoms with E-state index in [9.17, 15) is 10.1 Å². The van der Waals surface area contributed by atoms with Crippen molar-refractivity contribution in [2.45, 2.75) is 5.92 Å². The Morgan fingerprint density at radius 2 is 1.62 bits per heavy atom. The molecule has 0 saturated carbocycles. The van der Waals surface area contributed by atoms with Gasteiger partial charge in [-0.2, -0.15) is 5.26 Å². The van der Waals surface area contributed by atoms with Gasteiger partial charge in [0.15, 0.2) is 0 Å². The number of hydrogen-bond donors (Lipinski definition) is 1. The third-order valence-corrected chi connectivity index (χ3v) is 5.48. The molecule has 0 saturated heterocycles. The molecule has 1 heterocycles. The zero-order valence-electron chi connectivity index (χ0n) is 18.8. The van der Waals surface area contributed by atoms with Crippen LogP contribution in [0.25, 0.3) is 0 Å². The number of hydrogen-bond acceptors (Lipinski definition) is 8. The molecule has 0 aromatic heterocycles. The minimum Gasteiger partial charge on any atom is -0.497 e. The van der Waals surface area contributed by atoms with Gasteiger partial charge in [-0.15, -0.1) is 0 Å². The van der Waals surface area contributed by atoms with Crippen molar-refractivity contribution in [3.8, 4) is 34.8 Å². The fourth-order valence-electron chi connectivity index (χ4n) is 3.85. The van der Waals surface area contributed by atoms with Crippen molar-refractivity contribution >= 4 is 5.97 Å². The molecular formula is C26H22N2O6. The molecule has 0 spiro atoms. The number of fused-ring (bicyclic) bond motifs is 1. The average molecular weight is 458 g/mol. The van der Waals surface area contributed by atoms with Crippen LogP contribution in [0.3, 0.4) is 0 Å². The minimum atomic E-state index is -0.581. The molecule has 4 rings (SSSR count). The van der Waals surface area contributed by atoms with E-state index in [0.717, 1.165) is 0 Å². The summed E-state index contributed by atoms with van der Waals surface area (Å²) in [5, 5.41) is 9.82. The maximum Gasteiger partial charge on any atom is 0.347 e. The molecule has 3 aromatic carbocycles. The number of carbonyl (C=O) groups excluding carboxylic acids is 1. The molecule has 0 amide bonds. The van der Waals surface area contributed by atoms with Crippen molar-refractivity contribution in [3.63, 3.8) is 0 Å². The SMILES string of the molecule is COc1ccc(C2C(C#N)=C(N)Oc3cc(OC(=O)c4ccccc4OC)ccc32)c(OC)c1. The maximum absolute atomic E-state index is 12.7. The van der Waals surface area contributed by atoms with Gasteiger partial charge in [0.25, 0.3) is 0 Å². The van der Waals surface area contributed by atoms with Gasteiger partial charge in [0, 0.05) is 23.3 Å². The monoisotopic (exact) mass is 458 g/mol.